The SMILES string of the molecule is COC1=CC(c2ccc(-c3noc(CCN4CCOCC4)n3)c(=O)n2CC(=O)NC(C)(C)C)=CCC1. The fourth-order valence-electron chi connectivity index (χ4n) is 4.32. The number of hydrogen-bond donors (Lipinski definition) is 1. The second-order valence-electron chi connectivity index (χ2n) is 10.1. The van der Waals surface area contributed by atoms with Crippen LogP contribution in [0.2, 0.25) is 0 Å². The van der Waals surface area contributed by atoms with Gasteiger partial charge in [0.1, 0.15) is 6.54 Å². The van der Waals surface area contributed by atoms with E-state index < -0.39 is 5.54 Å². The Balaban J connectivity index is 1.63. The number of methoxy groups -OCH3 is 1. The summed E-state index contributed by atoms with van der Waals surface area (Å²) >= 11 is 0. The predicted octanol–water partition coefficient (Wildman–Crippen LogP) is 2.40. The van der Waals surface area contributed by atoms with E-state index in [1.54, 1.807) is 13.2 Å². The minimum absolute atomic E-state index is 0.130. The molecule has 1 amide bonds. The van der Waals surface area contributed by atoms with Gasteiger partial charge in [0, 0.05) is 38.0 Å². The van der Waals surface area contributed by atoms with Crippen LogP contribution in [0.25, 0.3) is 17.0 Å². The van der Waals surface area contributed by atoms with Crippen LogP contribution in [0, 0.1) is 0 Å². The van der Waals surface area contributed by atoms with Crippen LogP contribution >= 0.6 is 0 Å². The number of aromatic nitrogens is 3. The second-order valence-corrected chi connectivity index (χ2v) is 10.1. The Labute approximate surface area is 211 Å². The molecule has 2 aromatic rings. The molecule has 10 nitrogen and oxygen atoms in total. The molecule has 10 heteroatoms. The molecule has 194 valence electrons. The topological polar surface area (TPSA) is 112 Å². The van der Waals surface area contributed by atoms with Gasteiger partial charge in [-0.2, -0.15) is 4.98 Å². The zero-order valence-electron chi connectivity index (χ0n) is 21.5. The zero-order valence-corrected chi connectivity index (χ0v) is 21.5. The zero-order chi connectivity index (χ0) is 25.7. The van der Waals surface area contributed by atoms with Crippen LogP contribution in [-0.4, -0.2) is 71.0 Å². The lowest BCUT2D eigenvalue weighted by molar-refractivity contribution is -0.123. The average molecular weight is 498 g/mol. The van der Waals surface area contributed by atoms with Crippen molar-refractivity contribution in [3.8, 4) is 11.4 Å². The molecule has 36 heavy (non-hydrogen) atoms. The fraction of sp³-hybridized carbons (Fsp3) is 0.538. The molecular weight excluding hydrogens is 462 g/mol. The summed E-state index contributed by atoms with van der Waals surface area (Å²) in [5, 5.41) is 7.00. The van der Waals surface area contributed by atoms with Gasteiger partial charge in [0.15, 0.2) is 0 Å². The van der Waals surface area contributed by atoms with E-state index in [0.29, 0.717) is 18.0 Å². The number of amides is 1. The summed E-state index contributed by atoms with van der Waals surface area (Å²) in [7, 11) is 1.63. The molecule has 0 radical (unpaired) electrons. The van der Waals surface area contributed by atoms with E-state index in [1.165, 1.54) is 4.57 Å². The second kappa shape index (κ2) is 11.2. The first-order valence-electron chi connectivity index (χ1n) is 12.4. The highest BCUT2D eigenvalue weighted by molar-refractivity contribution is 5.79. The van der Waals surface area contributed by atoms with Gasteiger partial charge in [0.25, 0.3) is 5.56 Å². The Kier molecular flexibility index (Phi) is 8.05. The fourth-order valence-corrected chi connectivity index (χ4v) is 4.32. The summed E-state index contributed by atoms with van der Waals surface area (Å²) in [6.07, 6.45) is 6.13. The van der Waals surface area contributed by atoms with Gasteiger partial charge >= 0.3 is 0 Å². The molecule has 0 aromatic carbocycles. The van der Waals surface area contributed by atoms with Crippen LogP contribution in [0.1, 0.15) is 45.2 Å². The Morgan fingerprint density at radius 2 is 2.00 bits per heavy atom. The largest absolute Gasteiger partial charge is 0.501 e. The molecule has 2 aromatic heterocycles. The van der Waals surface area contributed by atoms with Crippen molar-refractivity contribution in [2.75, 3.05) is 40.0 Å². The number of carbonyl (C=O) groups excluding carboxylic acids is 1. The van der Waals surface area contributed by atoms with Crippen LogP contribution in [0.3, 0.4) is 0 Å². The number of nitrogens with zero attached hydrogens (tertiary/aromatic N) is 4. The lowest BCUT2D eigenvalue weighted by atomic mass is 10.0. The van der Waals surface area contributed by atoms with Crippen molar-refractivity contribution in [2.45, 2.75) is 52.1 Å². The summed E-state index contributed by atoms with van der Waals surface area (Å²) in [5.41, 5.74) is 0.990. The van der Waals surface area contributed by atoms with Crippen molar-refractivity contribution < 1.29 is 18.8 Å². The third-order valence-electron chi connectivity index (χ3n) is 6.07. The molecule has 0 saturated carbocycles. The molecule has 1 fully saturated rings. The third-order valence-corrected chi connectivity index (χ3v) is 6.07. The number of allylic oxidation sites excluding steroid dienone is 4. The molecule has 3 heterocycles. The van der Waals surface area contributed by atoms with Crippen molar-refractivity contribution in [3.63, 3.8) is 0 Å². The van der Waals surface area contributed by atoms with E-state index in [9.17, 15) is 9.59 Å². The summed E-state index contributed by atoms with van der Waals surface area (Å²) in [6.45, 7) is 9.55. The molecule has 2 aliphatic rings. The molecule has 0 unspecified atom stereocenters. The highest BCUT2D eigenvalue weighted by Crippen LogP contribution is 2.26. The molecule has 1 N–H and O–H groups in total. The minimum Gasteiger partial charge on any atom is -0.501 e. The number of ether oxygens (including phenoxy) is 2. The van der Waals surface area contributed by atoms with Crippen LogP contribution in [-0.2, 0) is 27.2 Å². The van der Waals surface area contributed by atoms with Crippen molar-refractivity contribution in [1.82, 2.24) is 24.9 Å². The summed E-state index contributed by atoms with van der Waals surface area (Å²) in [6, 6.07) is 3.52. The van der Waals surface area contributed by atoms with E-state index >= 15 is 0 Å². The van der Waals surface area contributed by atoms with Crippen LogP contribution in [0.5, 0.6) is 0 Å². The molecule has 0 spiro atoms. The van der Waals surface area contributed by atoms with E-state index in [-0.39, 0.29) is 29.4 Å². The highest BCUT2D eigenvalue weighted by Gasteiger charge is 2.22. The van der Waals surface area contributed by atoms with Crippen molar-refractivity contribution >= 4 is 11.5 Å². The van der Waals surface area contributed by atoms with Gasteiger partial charge in [-0.05, 0) is 51.0 Å². The van der Waals surface area contributed by atoms with Crippen LogP contribution in [0.15, 0.2) is 39.4 Å². The normalized spacial score (nSPS) is 16.9. The molecule has 1 aliphatic carbocycles. The maximum absolute atomic E-state index is 13.7. The molecule has 4 rings (SSSR count). The maximum Gasteiger partial charge on any atom is 0.262 e. The van der Waals surface area contributed by atoms with Crippen LogP contribution in [0.4, 0.5) is 0 Å². The smallest absolute Gasteiger partial charge is 0.262 e. The van der Waals surface area contributed by atoms with Crippen molar-refractivity contribution in [1.29, 1.82) is 0 Å². The van der Waals surface area contributed by atoms with Crippen molar-refractivity contribution in [3.05, 3.63) is 52.0 Å². The summed E-state index contributed by atoms with van der Waals surface area (Å²) < 4.78 is 17.7. The van der Waals surface area contributed by atoms with Gasteiger partial charge in [-0.1, -0.05) is 11.2 Å². The Bertz CT molecular complexity index is 1200. The molecule has 0 bridgehead atoms. The number of pyridine rings is 1. The monoisotopic (exact) mass is 497 g/mol. The van der Waals surface area contributed by atoms with Gasteiger partial charge in [0.05, 0.1) is 37.3 Å². The van der Waals surface area contributed by atoms with E-state index in [2.05, 4.69) is 20.4 Å². The summed E-state index contributed by atoms with van der Waals surface area (Å²) in [5.74, 6) is 1.27. The van der Waals surface area contributed by atoms with E-state index in [0.717, 1.165) is 57.0 Å². The number of nitrogens with one attached hydrogen (secondary N) is 1. The molecule has 0 atom stereocenters. The lowest BCUT2D eigenvalue weighted by Crippen LogP contribution is -2.44. The van der Waals surface area contributed by atoms with Gasteiger partial charge in [-0.15, -0.1) is 0 Å². The third kappa shape index (κ3) is 6.50. The number of morpholine rings is 1. The quantitative estimate of drug-likeness (QED) is 0.592. The van der Waals surface area contributed by atoms with E-state index in [4.69, 9.17) is 14.0 Å². The number of carbonyl (C=O) groups is 1. The van der Waals surface area contributed by atoms with Gasteiger partial charge in [0.2, 0.25) is 17.6 Å². The van der Waals surface area contributed by atoms with Crippen molar-refractivity contribution in [2.24, 2.45) is 0 Å². The Morgan fingerprint density at radius 1 is 1.22 bits per heavy atom. The first-order chi connectivity index (χ1) is 17.2. The number of hydrogen-bond acceptors (Lipinski definition) is 8. The number of rotatable bonds is 8. The molecular formula is C26H35N5O5. The predicted molar refractivity (Wildman–Crippen MR) is 135 cm³/mol. The van der Waals surface area contributed by atoms with Gasteiger partial charge in [-0.25, -0.2) is 0 Å². The van der Waals surface area contributed by atoms with E-state index in [1.807, 2.05) is 39.0 Å². The maximum atomic E-state index is 13.7. The van der Waals surface area contributed by atoms with Gasteiger partial charge < -0.3 is 19.3 Å². The first kappa shape index (κ1) is 25.8. The molecule has 1 saturated heterocycles. The lowest BCUT2D eigenvalue weighted by Gasteiger charge is -2.25. The minimum atomic E-state index is -0.422. The highest BCUT2D eigenvalue weighted by atomic mass is 16.5. The van der Waals surface area contributed by atoms with Gasteiger partial charge in [-0.3, -0.25) is 19.1 Å². The van der Waals surface area contributed by atoms with Crippen LogP contribution < -0.4 is 10.9 Å². The standard InChI is InChI=1S/C26H35N5O5/c1-26(2,3)28-22(32)17-31-21(18-6-5-7-19(16-18)34-4)9-8-20(25(31)33)24-27-23(36-29-24)10-11-30-12-14-35-15-13-30/h6,8-9,16H,5,7,10-15,17H2,1-4H3,(H,28,32). The molecule has 1 aliphatic heterocycles. The Hall–Kier alpha value is -3.24. The average Bonchev–Trinajstić information content (AvgIpc) is 3.32. The first-order valence-corrected chi connectivity index (χ1v) is 12.4. The Morgan fingerprint density at radius 3 is 2.72 bits per heavy atom. The summed E-state index contributed by atoms with van der Waals surface area (Å²) in [4.78, 5) is 33.2.